The van der Waals surface area contributed by atoms with Crippen molar-refractivity contribution in [3.8, 4) is 0 Å². The van der Waals surface area contributed by atoms with Crippen LogP contribution in [0.15, 0.2) is 28.7 Å². The molecule has 0 bridgehead atoms. The van der Waals surface area contributed by atoms with E-state index in [4.69, 9.17) is 5.11 Å². The lowest BCUT2D eigenvalue weighted by Crippen LogP contribution is -2.38. The molecular weight excluding hydrogens is 306 g/mol. The summed E-state index contributed by atoms with van der Waals surface area (Å²) in [5.74, 6) is -0.707. The lowest BCUT2D eigenvalue weighted by atomic mass is 10.1. The number of benzene rings is 1. The third-order valence-electron chi connectivity index (χ3n) is 3.61. The van der Waals surface area contributed by atoms with Crippen LogP contribution in [0.2, 0.25) is 0 Å². The number of rotatable bonds is 7. The Morgan fingerprint density at radius 2 is 2.05 bits per heavy atom. The molecule has 0 aliphatic heterocycles. The van der Waals surface area contributed by atoms with E-state index >= 15 is 0 Å². The van der Waals surface area contributed by atoms with Crippen LogP contribution in [0.1, 0.15) is 31.7 Å². The van der Waals surface area contributed by atoms with Gasteiger partial charge in [0.25, 0.3) is 0 Å². The molecule has 1 unspecified atom stereocenters. The fourth-order valence-electron chi connectivity index (χ4n) is 2.47. The van der Waals surface area contributed by atoms with Gasteiger partial charge in [-0.05, 0) is 43.9 Å². The molecule has 1 saturated carbocycles. The summed E-state index contributed by atoms with van der Waals surface area (Å²) in [5, 5.41) is 8.83. The summed E-state index contributed by atoms with van der Waals surface area (Å²) < 4.78 is 1.09. The highest BCUT2D eigenvalue weighted by Crippen LogP contribution is 2.29. The number of hydrogen-bond acceptors (Lipinski definition) is 2. The van der Waals surface area contributed by atoms with Crippen molar-refractivity contribution >= 4 is 21.9 Å². The molecule has 1 fully saturated rings. The van der Waals surface area contributed by atoms with Gasteiger partial charge in [-0.15, -0.1) is 0 Å². The molecule has 1 aliphatic rings. The number of carboxylic acid groups (broad SMARTS) is 1. The van der Waals surface area contributed by atoms with Crippen LogP contribution in [0.5, 0.6) is 0 Å². The third-order valence-corrected chi connectivity index (χ3v) is 4.14. The maximum Gasteiger partial charge on any atom is 0.304 e. The second-order valence-corrected chi connectivity index (χ2v) is 6.21. The van der Waals surface area contributed by atoms with Crippen LogP contribution >= 0.6 is 15.9 Å². The van der Waals surface area contributed by atoms with E-state index < -0.39 is 5.97 Å². The van der Waals surface area contributed by atoms with Gasteiger partial charge < -0.3 is 5.11 Å². The summed E-state index contributed by atoms with van der Waals surface area (Å²) in [4.78, 5) is 13.1. The summed E-state index contributed by atoms with van der Waals surface area (Å²) in [6.07, 6.45) is 3.64. The van der Waals surface area contributed by atoms with Gasteiger partial charge in [0.2, 0.25) is 0 Å². The molecule has 0 spiro atoms. The van der Waals surface area contributed by atoms with Crippen LogP contribution in [0.25, 0.3) is 0 Å². The highest BCUT2D eigenvalue weighted by Gasteiger charge is 2.32. The first kappa shape index (κ1) is 14.5. The average molecular weight is 326 g/mol. The molecule has 1 atom stereocenters. The maximum atomic E-state index is 10.7. The van der Waals surface area contributed by atoms with Gasteiger partial charge in [-0.25, -0.2) is 0 Å². The molecule has 2 rings (SSSR count). The topological polar surface area (TPSA) is 40.5 Å². The van der Waals surface area contributed by atoms with E-state index in [2.05, 4.69) is 52.0 Å². The molecular formula is C15H20BrNO2. The Morgan fingerprint density at radius 1 is 1.42 bits per heavy atom. The second-order valence-electron chi connectivity index (χ2n) is 5.29. The highest BCUT2D eigenvalue weighted by atomic mass is 79.9. The quantitative estimate of drug-likeness (QED) is 0.836. The first-order chi connectivity index (χ1) is 9.06. The van der Waals surface area contributed by atoms with E-state index in [-0.39, 0.29) is 6.42 Å². The lowest BCUT2D eigenvalue weighted by molar-refractivity contribution is -0.137. The van der Waals surface area contributed by atoms with E-state index in [0.717, 1.165) is 10.9 Å². The Kier molecular flexibility index (Phi) is 4.99. The molecule has 0 aromatic heterocycles. The molecule has 104 valence electrons. The van der Waals surface area contributed by atoms with Gasteiger partial charge in [-0.3, -0.25) is 9.69 Å². The molecule has 19 heavy (non-hydrogen) atoms. The maximum absolute atomic E-state index is 10.7. The monoisotopic (exact) mass is 325 g/mol. The minimum absolute atomic E-state index is 0.237. The second kappa shape index (κ2) is 6.53. The van der Waals surface area contributed by atoms with Gasteiger partial charge in [-0.2, -0.15) is 0 Å². The van der Waals surface area contributed by atoms with Crippen molar-refractivity contribution in [1.82, 2.24) is 4.90 Å². The molecule has 1 N–H and O–H groups in total. The zero-order valence-electron chi connectivity index (χ0n) is 11.2. The van der Waals surface area contributed by atoms with E-state index in [9.17, 15) is 4.79 Å². The van der Waals surface area contributed by atoms with Crippen molar-refractivity contribution in [2.45, 2.75) is 44.7 Å². The van der Waals surface area contributed by atoms with Crippen molar-refractivity contribution in [2.24, 2.45) is 0 Å². The summed E-state index contributed by atoms with van der Waals surface area (Å²) in [7, 11) is 0. The predicted octanol–water partition coefficient (Wildman–Crippen LogP) is 3.32. The number of nitrogens with zero attached hydrogens (tertiary/aromatic N) is 1. The normalized spacial score (nSPS) is 16.6. The number of halogens is 1. The fourth-order valence-corrected chi connectivity index (χ4v) is 2.74. The molecule has 0 saturated heterocycles. The van der Waals surface area contributed by atoms with E-state index in [1.54, 1.807) is 0 Å². The zero-order chi connectivity index (χ0) is 13.8. The highest BCUT2D eigenvalue weighted by molar-refractivity contribution is 9.10. The first-order valence-corrected chi connectivity index (χ1v) is 7.57. The van der Waals surface area contributed by atoms with Gasteiger partial charge in [-0.1, -0.05) is 28.1 Å². The summed E-state index contributed by atoms with van der Waals surface area (Å²) in [5.41, 5.74) is 1.30. The van der Waals surface area contributed by atoms with Crippen molar-refractivity contribution in [1.29, 1.82) is 0 Å². The zero-order valence-corrected chi connectivity index (χ0v) is 12.8. The van der Waals surface area contributed by atoms with Crippen LogP contribution in [-0.2, 0) is 11.2 Å². The van der Waals surface area contributed by atoms with Gasteiger partial charge in [0.15, 0.2) is 0 Å². The van der Waals surface area contributed by atoms with Crippen LogP contribution < -0.4 is 0 Å². The van der Waals surface area contributed by atoms with Crippen LogP contribution in [0.3, 0.4) is 0 Å². The number of hydrogen-bond donors (Lipinski definition) is 1. The number of aliphatic carboxylic acids is 1. The Bertz CT molecular complexity index is 428. The van der Waals surface area contributed by atoms with Gasteiger partial charge >= 0.3 is 5.97 Å². The summed E-state index contributed by atoms with van der Waals surface area (Å²) in [6.45, 7) is 2.86. The Hall–Kier alpha value is -0.870. The SMILES string of the molecule is CC(Cc1ccc(Br)cc1)N(CCC(=O)O)C1CC1. The number of carbonyl (C=O) groups is 1. The van der Waals surface area contributed by atoms with Crippen molar-refractivity contribution < 1.29 is 9.90 Å². The summed E-state index contributed by atoms with van der Waals surface area (Å²) in [6, 6.07) is 9.37. The Labute approximate surface area is 122 Å². The third kappa shape index (κ3) is 4.62. The van der Waals surface area contributed by atoms with Crippen LogP contribution in [0, 0.1) is 0 Å². The first-order valence-electron chi connectivity index (χ1n) is 6.78. The standard InChI is InChI=1S/C15H20BrNO2/c1-11(10-12-2-4-13(16)5-3-12)17(14-6-7-14)9-8-15(18)19/h2-5,11,14H,6-10H2,1H3,(H,18,19). The van der Waals surface area contributed by atoms with Gasteiger partial charge in [0.1, 0.15) is 0 Å². The number of carboxylic acids is 1. The molecule has 1 aromatic rings. The van der Waals surface area contributed by atoms with E-state index in [0.29, 0.717) is 18.6 Å². The van der Waals surface area contributed by atoms with E-state index in [1.165, 1.54) is 18.4 Å². The van der Waals surface area contributed by atoms with Gasteiger partial charge in [0, 0.05) is 23.1 Å². The molecule has 0 radical (unpaired) electrons. The fraction of sp³-hybridized carbons (Fsp3) is 0.533. The molecule has 4 heteroatoms. The van der Waals surface area contributed by atoms with E-state index in [1.807, 2.05) is 0 Å². The minimum atomic E-state index is -0.707. The van der Waals surface area contributed by atoms with Crippen LogP contribution in [-0.4, -0.2) is 34.6 Å². The lowest BCUT2D eigenvalue weighted by Gasteiger charge is -2.28. The molecule has 0 amide bonds. The van der Waals surface area contributed by atoms with Crippen molar-refractivity contribution in [3.05, 3.63) is 34.3 Å². The molecule has 1 aliphatic carbocycles. The van der Waals surface area contributed by atoms with Crippen molar-refractivity contribution in [3.63, 3.8) is 0 Å². The van der Waals surface area contributed by atoms with Crippen LogP contribution in [0.4, 0.5) is 0 Å². The molecule has 3 nitrogen and oxygen atoms in total. The molecule has 0 heterocycles. The predicted molar refractivity (Wildman–Crippen MR) is 79.3 cm³/mol. The van der Waals surface area contributed by atoms with Gasteiger partial charge in [0.05, 0.1) is 6.42 Å². The smallest absolute Gasteiger partial charge is 0.304 e. The molecule has 1 aromatic carbocycles. The minimum Gasteiger partial charge on any atom is -0.481 e. The Balaban J connectivity index is 1.93. The summed E-state index contributed by atoms with van der Waals surface area (Å²) >= 11 is 3.44. The average Bonchev–Trinajstić information content (AvgIpc) is 3.16. The Morgan fingerprint density at radius 3 is 2.58 bits per heavy atom. The van der Waals surface area contributed by atoms with Crippen molar-refractivity contribution in [2.75, 3.05) is 6.54 Å². The largest absolute Gasteiger partial charge is 0.481 e.